The molecule has 0 aromatic heterocycles. The van der Waals surface area contributed by atoms with Crippen LogP contribution in [-0.4, -0.2) is 51.8 Å². The molecule has 2 aliphatic heterocycles. The summed E-state index contributed by atoms with van der Waals surface area (Å²) < 4.78 is 0. The molecule has 2 fully saturated rings. The van der Waals surface area contributed by atoms with Crippen LogP contribution >= 0.6 is 11.8 Å². The van der Waals surface area contributed by atoms with E-state index >= 15 is 0 Å². The first-order valence-electron chi connectivity index (χ1n) is 6.91. The summed E-state index contributed by atoms with van der Waals surface area (Å²) in [6.07, 6.45) is 4.05. The predicted molar refractivity (Wildman–Crippen MR) is 74.9 cm³/mol. The number of aliphatic carboxylic acids is 1. The lowest BCUT2D eigenvalue weighted by atomic mass is 10.1. The lowest BCUT2D eigenvalue weighted by Gasteiger charge is -2.40. The van der Waals surface area contributed by atoms with E-state index in [1.807, 2.05) is 11.8 Å². The van der Waals surface area contributed by atoms with Crippen molar-refractivity contribution in [1.82, 2.24) is 10.2 Å². The number of carboxylic acids is 1. The van der Waals surface area contributed by atoms with Crippen molar-refractivity contribution in [3.05, 3.63) is 0 Å². The SMILES string of the molecule is CC(C)N1CCCC2(CC1)NC(C(=O)O)CCS2. The first-order valence-corrected chi connectivity index (χ1v) is 7.89. The molecule has 2 rings (SSSR count). The van der Waals surface area contributed by atoms with E-state index in [0.29, 0.717) is 6.04 Å². The van der Waals surface area contributed by atoms with Crippen LogP contribution in [0.2, 0.25) is 0 Å². The van der Waals surface area contributed by atoms with Gasteiger partial charge in [-0.1, -0.05) is 0 Å². The summed E-state index contributed by atoms with van der Waals surface area (Å²) >= 11 is 1.93. The molecule has 2 unspecified atom stereocenters. The van der Waals surface area contributed by atoms with Crippen molar-refractivity contribution < 1.29 is 9.90 Å². The third kappa shape index (κ3) is 3.19. The van der Waals surface area contributed by atoms with Crippen molar-refractivity contribution in [3.8, 4) is 0 Å². The minimum atomic E-state index is -0.695. The monoisotopic (exact) mass is 272 g/mol. The van der Waals surface area contributed by atoms with E-state index in [9.17, 15) is 9.90 Å². The van der Waals surface area contributed by atoms with Crippen LogP contribution in [0.5, 0.6) is 0 Å². The van der Waals surface area contributed by atoms with Gasteiger partial charge >= 0.3 is 5.97 Å². The molecule has 0 radical (unpaired) electrons. The maximum atomic E-state index is 11.2. The Morgan fingerprint density at radius 1 is 1.44 bits per heavy atom. The fourth-order valence-electron chi connectivity index (χ4n) is 2.92. The molecule has 0 saturated carbocycles. The van der Waals surface area contributed by atoms with Crippen molar-refractivity contribution in [1.29, 1.82) is 0 Å². The van der Waals surface area contributed by atoms with Gasteiger partial charge in [0, 0.05) is 12.6 Å². The van der Waals surface area contributed by atoms with Gasteiger partial charge in [0.05, 0.1) is 4.87 Å². The molecule has 0 aromatic carbocycles. The number of likely N-dealkylation sites (tertiary alicyclic amines) is 1. The minimum absolute atomic E-state index is 0.00491. The van der Waals surface area contributed by atoms with Crippen molar-refractivity contribution in [2.24, 2.45) is 0 Å². The Balaban J connectivity index is 2.00. The molecule has 5 heteroatoms. The lowest BCUT2D eigenvalue weighted by Crippen LogP contribution is -2.55. The Bertz CT molecular complexity index is 311. The number of rotatable bonds is 2. The Labute approximate surface area is 113 Å². The van der Waals surface area contributed by atoms with Gasteiger partial charge in [-0.3, -0.25) is 10.1 Å². The summed E-state index contributed by atoms with van der Waals surface area (Å²) in [7, 11) is 0. The van der Waals surface area contributed by atoms with Gasteiger partial charge in [-0.2, -0.15) is 0 Å². The molecule has 0 amide bonds. The normalized spacial score (nSPS) is 34.7. The van der Waals surface area contributed by atoms with Crippen LogP contribution in [0.4, 0.5) is 0 Å². The maximum Gasteiger partial charge on any atom is 0.320 e. The number of nitrogens with zero attached hydrogens (tertiary/aromatic N) is 1. The van der Waals surface area contributed by atoms with Gasteiger partial charge in [-0.25, -0.2) is 0 Å². The van der Waals surface area contributed by atoms with Gasteiger partial charge < -0.3 is 10.0 Å². The molecule has 104 valence electrons. The fourth-order valence-corrected chi connectivity index (χ4v) is 4.42. The van der Waals surface area contributed by atoms with Crippen LogP contribution < -0.4 is 5.32 Å². The third-order valence-corrected chi connectivity index (χ3v) is 5.60. The molecule has 2 atom stereocenters. The van der Waals surface area contributed by atoms with Crippen LogP contribution in [0, 0.1) is 0 Å². The smallest absolute Gasteiger partial charge is 0.320 e. The molecule has 18 heavy (non-hydrogen) atoms. The van der Waals surface area contributed by atoms with Crippen molar-refractivity contribution in [2.75, 3.05) is 18.8 Å². The highest BCUT2D eigenvalue weighted by Gasteiger charge is 2.40. The van der Waals surface area contributed by atoms with Gasteiger partial charge in [0.15, 0.2) is 0 Å². The highest BCUT2D eigenvalue weighted by molar-refractivity contribution is 8.00. The van der Waals surface area contributed by atoms with Crippen molar-refractivity contribution >= 4 is 17.7 Å². The zero-order chi connectivity index (χ0) is 13.2. The van der Waals surface area contributed by atoms with Crippen molar-refractivity contribution in [3.63, 3.8) is 0 Å². The Kier molecular flexibility index (Phi) is 4.56. The molecule has 2 aliphatic rings. The fraction of sp³-hybridized carbons (Fsp3) is 0.923. The van der Waals surface area contributed by atoms with Gasteiger partial charge in [0.2, 0.25) is 0 Å². The number of carboxylic acid groups (broad SMARTS) is 1. The molecule has 4 nitrogen and oxygen atoms in total. The predicted octanol–water partition coefficient (Wildman–Crippen LogP) is 1.76. The van der Waals surface area contributed by atoms with E-state index in [2.05, 4.69) is 24.1 Å². The molecular weight excluding hydrogens is 248 g/mol. The molecule has 2 heterocycles. The van der Waals surface area contributed by atoms with Crippen LogP contribution in [0.3, 0.4) is 0 Å². The molecular formula is C13H24N2O2S. The average molecular weight is 272 g/mol. The number of nitrogens with one attached hydrogen (secondary N) is 1. The number of thioether (sulfide) groups is 1. The summed E-state index contributed by atoms with van der Waals surface area (Å²) in [5, 5.41) is 12.6. The summed E-state index contributed by atoms with van der Waals surface area (Å²) in [6, 6.07) is 0.237. The quantitative estimate of drug-likeness (QED) is 0.802. The average Bonchev–Trinajstić information content (AvgIpc) is 2.52. The van der Waals surface area contributed by atoms with Gasteiger partial charge in [0.25, 0.3) is 0 Å². The Morgan fingerprint density at radius 3 is 2.89 bits per heavy atom. The highest BCUT2D eigenvalue weighted by Crippen LogP contribution is 2.38. The largest absolute Gasteiger partial charge is 0.480 e. The third-order valence-electron chi connectivity index (χ3n) is 4.08. The van der Waals surface area contributed by atoms with Crippen LogP contribution in [0.1, 0.15) is 39.5 Å². The second-order valence-corrected chi connectivity index (χ2v) is 7.13. The molecule has 2 N–H and O–H groups in total. The van der Waals surface area contributed by atoms with Crippen LogP contribution in [-0.2, 0) is 4.79 Å². The summed E-state index contributed by atoms with van der Waals surface area (Å²) in [5.74, 6) is 0.269. The summed E-state index contributed by atoms with van der Waals surface area (Å²) in [4.78, 5) is 13.7. The van der Waals surface area contributed by atoms with Gasteiger partial charge in [-0.15, -0.1) is 11.8 Å². The molecule has 1 spiro atoms. The van der Waals surface area contributed by atoms with E-state index in [0.717, 1.165) is 44.5 Å². The molecule has 0 bridgehead atoms. The molecule has 0 aromatic rings. The van der Waals surface area contributed by atoms with E-state index < -0.39 is 5.97 Å². The number of hydrogen-bond acceptors (Lipinski definition) is 4. The minimum Gasteiger partial charge on any atom is -0.480 e. The van der Waals surface area contributed by atoms with E-state index in [1.165, 1.54) is 0 Å². The number of hydrogen-bond donors (Lipinski definition) is 2. The first-order chi connectivity index (χ1) is 8.52. The second kappa shape index (κ2) is 5.80. The second-order valence-electron chi connectivity index (χ2n) is 5.65. The Hall–Kier alpha value is -0.260. The molecule has 0 aliphatic carbocycles. The highest BCUT2D eigenvalue weighted by atomic mass is 32.2. The van der Waals surface area contributed by atoms with E-state index in [1.54, 1.807) is 0 Å². The zero-order valence-corrected chi connectivity index (χ0v) is 12.1. The summed E-state index contributed by atoms with van der Waals surface area (Å²) in [5.41, 5.74) is 0. The first kappa shape index (κ1) is 14.2. The van der Waals surface area contributed by atoms with E-state index in [4.69, 9.17) is 0 Å². The van der Waals surface area contributed by atoms with Crippen molar-refractivity contribution in [2.45, 2.75) is 56.5 Å². The topological polar surface area (TPSA) is 52.6 Å². The standard InChI is InChI=1S/C13H24N2O2S/c1-10(2)15-7-3-5-13(6-8-15)14-11(12(16)17)4-9-18-13/h10-11,14H,3-9H2,1-2H3,(H,16,17). The zero-order valence-electron chi connectivity index (χ0n) is 11.3. The van der Waals surface area contributed by atoms with Gasteiger partial charge in [-0.05, 0) is 51.8 Å². The number of carbonyl (C=O) groups is 1. The van der Waals surface area contributed by atoms with Crippen LogP contribution in [0.15, 0.2) is 0 Å². The maximum absolute atomic E-state index is 11.2. The van der Waals surface area contributed by atoms with Gasteiger partial charge in [0.1, 0.15) is 6.04 Å². The van der Waals surface area contributed by atoms with E-state index in [-0.39, 0.29) is 10.9 Å². The summed E-state index contributed by atoms with van der Waals surface area (Å²) in [6.45, 7) is 6.68. The Morgan fingerprint density at radius 2 is 2.22 bits per heavy atom. The lowest BCUT2D eigenvalue weighted by molar-refractivity contribution is -0.140. The molecule has 2 saturated heterocycles. The van der Waals surface area contributed by atoms with Crippen LogP contribution in [0.25, 0.3) is 0 Å².